The van der Waals surface area contributed by atoms with Gasteiger partial charge in [0.15, 0.2) is 0 Å². The van der Waals surface area contributed by atoms with Crippen molar-refractivity contribution in [2.24, 2.45) is 0 Å². The van der Waals surface area contributed by atoms with Crippen LogP contribution >= 0.6 is 12.6 Å². The van der Waals surface area contributed by atoms with Crippen LogP contribution in [0.1, 0.15) is 11.1 Å². The van der Waals surface area contributed by atoms with Crippen LogP contribution in [0, 0.1) is 17.7 Å². The number of hydrogen-bond donors (Lipinski definition) is 1. The number of benzene rings is 2. The lowest BCUT2D eigenvalue weighted by Gasteiger charge is -1.92. The van der Waals surface area contributed by atoms with Crippen molar-refractivity contribution in [2.45, 2.75) is 4.90 Å². The fourth-order valence-corrected chi connectivity index (χ4v) is 1.37. The first kappa shape index (κ1) is 10.8. The molecule has 0 N–H and O–H groups in total. The van der Waals surface area contributed by atoms with Crippen LogP contribution in [-0.2, 0) is 0 Å². The van der Waals surface area contributed by atoms with E-state index in [4.69, 9.17) is 0 Å². The number of halogens is 1. The molecule has 2 rings (SSSR count). The molecule has 0 aliphatic rings. The molecule has 78 valence electrons. The van der Waals surface area contributed by atoms with Crippen molar-refractivity contribution in [3.8, 4) is 11.8 Å². The zero-order chi connectivity index (χ0) is 11.4. The molecule has 0 aliphatic heterocycles. The Balaban J connectivity index is 2.21. The van der Waals surface area contributed by atoms with Crippen molar-refractivity contribution in [2.75, 3.05) is 0 Å². The molecular formula is C14H9FS. The molecule has 0 saturated heterocycles. The zero-order valence-corrected chi connectivity index (χ0v) is 9.34. The second-order valence-corrected chi connectivity index (χ2v) is 3.82. The molecule has 2 aromatic carbocycles. The summed E-state index contributed by atoms with van der Waals surface area (Å²) in [6, 6.07) is 13.7. The van der Waals surface area contributed by atoms with Gasteiger partial charge in [-0.05, 0) is 48.5 Å². The summed E-state index contributed by atoms with van der Waals surface area (Å²) in [6.45, 7) is 0. The van der Waals surface area contributed by atoms with E-state index in [0.29, 0.717) is 0 Å². The maximum atomic E-state index is 12.6. The van der Waals surface area contributed by atoms with Crippen LogP contribution < -0.4 is 0 Å². The zero-order valence-electron chi connectivity index (χ0n) is 8.44. The minimum absolute atomic E-state index is 0.245. The molecule has 0 radical (unpaired) electrons. The Kier molecular flexibility index (Phi) is 3.28. The normalized spacial score (nSPS) is 9.38. The average Bonchev–Trinajstić information content (AvgIpc) is 2.30. The summed E-state index contributed by atoms with van der Waals surface area (Å²) >= 11 is 4.19. The first-order chi connectivity index (χ1) is 7.74. The van der Waals surface area contributed by atoms with Gasteiger partial charge < -0.3 is 0 Å². The highest BCUT2D eigenvalue weighted by Gasteiger charge is 1.89. The fourth-order valence-electron chi connectivity index (χ4n) is 1.22. The Morgan fingerprint density at radius 2 is 1.19 bits per heavy atom. The summed E-state index contributed by atoms with van der Waals surface area (Å²) in [7, 11) is 0. The van der Waals surface area contributed by atoms with E-state index in [9.17, 15) is 4.39 Å². The first-order valence-electron chi connectivity index (χ1n) is 4.81. The number of hydrogen-bond acceptors (Lipinski definition) is 1. The highest BCUT2D eigenvalue weighted by Crippen LogP contribution is 2.07. The van der Waals surface area contributed by atoms with Crippen molar-refractivity contribution in [1.29, 1.82) is 0 Å². The van der Waals surface area contributed by atoms with Crippen LogP contribution in [0.5, 0.6) is 0 Å². The largest absolute Gasteiger partial charge is 0.207 e. The van der Waals surface area contributed by atoms with Crippen LogP contribution in [0.15, 0.2) is 53.4 Å². The van der Waals surface area contributed by atoms with Crippen molar-refractivity contribution < 1.29 is 4.39 Å². The molecule has 0 unspecified atom stereocenters. The molecular weight excluding hydrogens is 219 g/mol. The van der Waals surface area contributed by atoms with Crippen molar-refractivity contribution in [3.63, 3.8) is 0 Å². The molecule has 16 heavy (non-hydrogen) atoms. The van der Waals surface area contributed by atoms with Crippen LogP contribution in [0.3, 0.4) is 0 Å². The van der Waals surface area contributed by atoms with Gasteiger partial charge in [0.25, 0.3) is 0 Å². The van der Waals surface area contributed by atoms with Crippen LogP contribution in [0.25, 0.3) is 0 Å². The Hall–Kier alpha value is -1.72. The lowest BCUT2D eigenvalue weighted by Crippen LogP contribution is -1.77. The van der Waals surface area contributed by atoms with Gasteiger partial charge in [0.1, 0.15) is 5.82 Å². The van der Waals surface area contributed by atoms with Crippen LogP contribution in [0.2, 0.25) is 0 Å². The van der Waals surface area contributed by atoms with E-state index in [1.165, 1.54) is 12.1 Å². The Bertz CT molecular complexity index is 480. The Morgan fingerprint density at radius 3 is 1.69 bits per heavy atom. The number of rotatable bonds is 0. The summed E-state index contributed by atoms with van der Waals surface area (Å²) < 4.78 is 12.6. The van der Waals surface area contributed by atoms with Crippen LogP contribution in [0.4, 0.5) is 4.39 Å². The second-order valence-electron chi connectivity index (χ2n) is 3.30. The molecule has 0 aromatic heterocycles. The second kappa shape index (κ2) is 4.87. The van der Waals surface area contributed by atoms with Gasteiger partial charge in [0.2, 0.25) is 0 Å². The predicted molar refractivity (Wildman–Crippen MR) is 66.1 cm³/mol. The smallest absolute Gasteiger partial charge is 0.123 e. The van der Waals surface area contributed by atoms with E-state index < -0.39 is 0 Å². The van der Waals surface area contributed by atoms with Crippen molar-refractivity contribution in [1.82, 2.24) is 0 Å². The maximum Gasteiger partial charge on any atom is 0.123 e. The average molecular weight is 228 g/mol. The molecule has 0 nitrogen and oxygen atoms in total. The highest BCUT2D eigenvalue weighted by atomic mass is 32.1. The van der Waals surface area contributed by atoms with E-state index in [-0.39, 0.29) is 5.82 Å². The molecule has 0 amide bonds. The topological polar surface area (TPSA) is 0 Å². The maximum absolute atomic E-state index is 12.6. The predicted octanol–water partition coefficient (Wildman–Crippen LogP) is 3.51. The lowest BCUT2D eigenvalue weighted by atomic mass is 10.2. The van der Waals surface area contributed by atoms with E-state index in [0.717, 1.165) is 16.0 Å². The molecule has 0 atom stereocenters. The van der Waals surface area contributed by atoms with Gasteiger partial charge in [-0.15, -0.1) is 12.6 Å². The van der Waals surface area contributed by atoms with E-state index in [1.807, 2.05) is 24.3 Å². The summed E-state index contributed by atoms with van der Waals surface area (Å²) in [5, 5.41) is 0. The quantitative estimate of drug-likeness (QED) is 0.517. The number of thiol groups is 1. The molecule has 0 spiro atoms. The minimum Gasteiger partial charge on any atom is -0.207 e. The van der Waals surface area contributed by atoms with Gasteiger partial charge in [-0.1, -0.05) is 11.8 Å². The minimum atomic E-state index is -0.245. The molecule has 0 fully saturated rings. The summed E-state index contributed by atoms with van der Waals surface area (Å²) in [5.41, 5.74) is 1.72. The Labute approximate surface area is 99.5 Å². The van der Waals surface area contributed by atoms with Gasteiger partial charge in [0, 0.05) is 16.0 Å². The SMILES string of the molecule is Fc1ccc(C#Cc2ccc(S)cc2)cc1. The van der Waals surface area contributed by atoms with Crippen molar-refractivity contribution in [3.05, 3.63) is 65.5 Å². The van der Waals surface area contributed by atoms with Gasteiger partial charge in [-0.2, -0.15) is 0 Å². The van der Waals surface area contributed by atoms with E-state index in [1.54, 1.807) is 12.1 Å². The van der Waals surface area contributed by atoms with E-state index >= 15 is 0 Å². The molecule has 0 saturated carbocycles. The van der Waals surface area contributed by atoms with E-state index in [2.05, 4.69) is 24.5 Å². The van der Waals surface area contributed by atoms with Gasteiger partial charge in [0.05, 0.1) is 0 Å². The summed E-state index contributed by atoms with van der Waals surface area (Å²) in [5.74, 6) is 5.72. The standard InChI is InChI=1S/C14H9FS/c15-13-7-3-11(4-8-13)1-2-12-5-9-14(16)10-6-12/h3-10,16H. The molecule has 0 heterocycles. The monoisotopic (exact) mass is 228 g/mol. The van der Waals surface area contributed by atoms with Crippen LogP contribution in [-0.4, -0.2) is 0 Å². The Morgan fingerprint density at radius 1 is 0.750 bits per heavy atom. The van der Waals surface area contributed by atoms with Gasteiger partial charge >= 0.3 is 0 Å². The molecule has 0 aliphatic carbocycles. The van der Waals surface area contributed by atoms with Crippen molar-refractivity contribution >= 4 is 12.6 Å². The van der Waals surface area contributed by atoms with Gasteiger partial charge in [-0.3, -0.25) is 0 Å². The molecule has 2 heteroatoms. The molecule has 0 bridgehead atoms. The first-order valence-corrected chi connectivity index (χ1v) is 5.25. The lowest BCUT2D eigenvalue weighted by molar-refractivity contribution is 0.627. The summed E-state index contributed by atoms with van der Waals surface area (Å²) in [6.07, 6.45) is 0. The third-order valence-corrected chi connectivity index (χ3v) is 2.36. The summed E-state index contributed by atoms with van der Waals surface area (Å²) in [4.78, 5) is 0.910. The third-order valence-electron chi connectivity index (χ3n) is 2.06. The van der Waals surface area contributed by atoms with Gasteiger partial charge in [-0.25, -0.2) is 4.39 Å². The molecule has 2 aromatic rings. The highest BCUT2D eigenvalue weighted by molar-refractivity contribution is 7.80. The fraction of sp³-hybridized carbons (Fsp3) is 0. The third kappa shape index (κ3) is 2.88.